The fourth-order valence-electron chi connectivity index (χ4n) is 2.92. The van der Waals surface area contributed by atoms with Crippen molar-refractivity contribution in [3.8, 4) is 0 Å². The zero-order valence-electron chi connectivity index (χ0n) is 14.8. The Morgan fingerprint density at radius 1 is 0.750 bits per heavy atom. The number of hydrogen-bond acceptors (Lipinski definition) is 7. The molecular weight excluding hydrogens is 316 g/mol. The van der Waals surface area contributed by atoms with E-state index in [2.05, 4.69) is 6.92 Å². The standard InChI is InChI=1S/C17H30O7/c1-3-16(9-21-10-16)8-19-6-4-18-5-7-20-11-17-12-22-15(2,23-13-17)24-14-17/h3-14H2,1-2H3. The molecule has 0 N–H and O–H groups in total. The number of fused-ring (bicyclic) bond motifs is 3. The zero-order chi connectivity index (χ0) is 16.9. The van der Waals surface area contributed by atoms with Crippen LogP contribution in [0.1, 0.15) is 20.3 Å². The molecule has 0 atom stereocenters. The maximum Gasteiger partial charge on any atom is 0.279 e. The number of hydrogen-bond donors (Lipinski definition) is 0. The predicted molar refractivity (Wildman–Crippen MR) is 84.7 cm³/mol. The second-order valence-corrected chi connectivity index (χ2v) is 7.29. The highest BCUT2D eigenvalue weighted by Crippen LogP contribution is 2.38. The first-order valence-electron chi connectivity index (χ1n) is 8.82. The monoisotopic (exact) mass is 346 g/mol. The van der Waals surface area contributed by atoms with E-state index in [9.17, 15) is 0 Å². The summed E-state index contributed by atoms with van der Waals surface area (Å²) in [6, 6.07) is 0. The van der Waals surface area contributed by atoms with E-state index < -0.39 is 5.97 Å². The van der Waals surface area contributed by atoms with Crippen LogP contribution in [-0.2, 0) is 33.2 Å². The minimum atomic E-state index is -0.854. The van der Waals surface area contributed by atoms with Gasteiger partial charge in [-0.05, 0) is 6.42 Å². The molecule has 0 aromatic rings. The molecule has 4 aliphatic rings. The lowest BCUT2D eigenvalue weighted by Crippen LogP contribution is -2.60. The molecule has 4 heterocycles. The SMILES string of the molecule is CCC1(COCCOCCOCC23COC(C)(OC2)OC3)COC1. The van der Waals surface area contributed by atoms with Gasteiger partial charge in [-0.2, -0.15) is 0 Å². The lowest BCUT2D eigenvalue weighted by molar-refractivity contribution is -0.462. The average molecular weight is 346 g/mol. The third-order valence-electron chi connectivity index (χ3n) is 5.05. The van der Waals surface area contributed by atoms with Crippen LogP contribution in [0, 0.1) is 10.8 Å². The Morgan fingerprint density at radius 3 is 1.79 bits per heavy atom. The molecule has 7 heteroatoms. The molecule has 0 aromatic carbocycles. The van der Waals surface area contributed by atoms with Crippen molar-refractivity contribution in [2.45, 2.75) is 26.2 Å². The minimum absolute atomic E-state index is 0.180. The number of ether oxygens (including phenoxy) is 7. The van der Waals surface area contributed by atoms with Gasteiger partial charge in [-0.3, -0.25) is 0 Å². The summed E-state index contributed by atoms with van der Waals surface area (Å²) in [5, 5.41) is 0. The molecule has 2 bridgehead atoms. The smallest absolute Gasteiger partial charge is 0.279 e. The maximum atomic E-state index is 5.71. The van der Waals surface area contributed by atoms with Crippen LogP contribution in [0.2, 0.25) is 0 Å². The Labute approximate surface area is 143 Å². The highest BCUT2D eigenvalue weighted by Gasteiger charge is 2.50. The maximum absolute atomic E-state index is 5.71. The van der Waals surface area contributed by atoms with Gasteiger partial charge < -0.3 is 33.2 Å². The van der Waals surface area contributed by atoms with Crippen molar-refractivity contribution in [2.75, 3.05) is 72.7 Å². The van der Waals surface area contributed by atoms with Gasteiger partial charge in [-0.1, -0.05) is 6.92 Å². The Morgan fingerprint density at radius 2 is 1.29 bits per heavy atom. The summed E-state index contributed by atoms with van der Waals surface area (Å²) in [4.78, 5) is 0. The predicted octanol–water partition coefficient (Wildman–Crippen LogP) is 1.20. The van der Waals surface area contributed by atoms with Crippen LogP contribution in [0.4, 0.5) is 0 Å². The van der Waals surface area contributed by atoms with E-state index >= 15 is 0 Å². The molecule has 4 aliphatic heterocycles. The Balaban J connectivity index is 1.17. The summed E-state index contributed by atoms with van der Waals surface area (Å²) >= 11 is 0. The van der Waals surface area contributed by atoms with Crippen molar-refractivity contribution in [1.82, 2.24) is 0 Å². The molecule has 0 radical (unpaired) electrons. The summed E-state index contributed by atoms with van der Waals surface area (Å²) in [7, 11) is 0. The summed E-state index contributed by atoms with van der Waals surface area (Å²) < 4.78 is 38.9. The van der Waals surface area contributed by atoms with Gasteiger partial charge >= 0.3 is 0 Å². The first-order chi connectivity index (χ1) is 11.6. The van der Waals surface area contributed by atoms with Crippen molar-refractivity contribution in [1.29, 1.82) is 0 Å². The molecule has 24 heavy (non-hydrogen) atoms. The number of rotatable bonds is 11. The van der Waals surface area contributed by atoms with E-state index in [-0.39, 0.29) is 10.8 Å². The summed E-state index contributed by atoms with van der Waals surface area (Å²) in [6.07, 6.45) is 1.10. The molecule has 0 saturated carbocycles. The van der Waals surface area contributed by atoms with E-state index in [0.717, 1.165) is 26.2 Å². The molecule has 4 rings (SSSR count). The van der Waals surface area contributed by atoms with Crippen molar-refractivity contribution < 1.29 is 33.2 Å². The minimum Gasteiger partial charge on any atom is -0.380 e. The van der Waals surface area contributed by atoms with E-state index in [4.69, 9.17) is 33.2 Å². The van der Waals surface area contributed by atoms with E-state index in [1.54, 1.807) is 6.92 Å². The van der Waals surface area contributed by atoms with Crippen molar-refractivity contribution in [2.24, 2.45) is 10.8 Å². The largest absolute Gasteiger partial charge is 0.380 e. The highest BCUT2D eigenvalue weighted by molar-refractivity contribution is 4.87. The zero-order valence-corrected chi connectivity index (χ0v) is 14.8. The summed E-state index contributed by atoms with van der Waals surface area (Å²) in [5.74, 6) is -0.854. The molecule has 0 spiro atoms. The van der Waals surface area contributed by atoms with Crippen molar-refractivity contribution >= 4 is 0 Å². The van der Waals surface area contributed by atoms with Gasteiger partial charge in [0.25, 0.3) is 5.97 Å². The summed E-state index contributed by atoms with van der Waals surface area (Å²) in [6.45, 7) is 11.1. The van der Waals surface area contributed by atoms with Crippen molar-refractivity contribution in [3.05, 3.63) is 0 Å². The first kappa shape index (κ1) is 18.5. The third-order valence-corrected chi connectivity index (χ3v) is 5.05. The molecule has 4 fully saturated rings. The van der Waals surface area contributed by atoms with Gasteiger partial charge in [0.05, 0.1) is 78.1 Å². The lowest BCUT2D eigenvalue weighted by atomic mass is 9.84. The van der Waals surface area contributed by atoms with Crippen LogP contribution in [0.5, 0.6) is 0 Å². The van der Waals surface area contributed by atoms with Crippen LogP contribution in [-0.4, -0.2) is 78.6 Å². The van der Waals surface area contributed by atoms with Crippen LogP contribution in [0.3, 0.4) is 0 Å². The molecule has 0 unspecified atom stereocenters. The Kier molecular flexibility index (Phi) is 6.13. The quantitative estimate of drug-likeness (QED) is 0.521. The molecule has 0 amide bonds. The molecule has 4 saturated heterocycles. The molecular formula is C17H30O7. The molecule has 7 nitrogen and oxygen atoms in total. The van der Waals surface area contributed by atoms with E-state index in [1.165, 1.54) is 0 Å². The Hall–Kier alpha value is -0.280. The van der Waals surface area contributed by atoms with Crippen LogP contribution < -0.4 is 0 Å². The molecule has 0 aliphatic carbocycles. The second-order valence-electron chi connectivity index (χ2n) is 7.29. The fourth-order valence-corrected chi connectivity index (χ4v) is 2.92. The highest BCUT2D eigenvalue weighted by atomic mass is 16.9. The van der Waals surface area contributed by atoms with Crippen molar-refractivity contribution in [3.63, 3.8) is 0 Å². The van der Waals surface area contributed by atoms with Gasteiger partial charge in [0, 0.05) is 12.3 Å². The van der Waals surface area contributed by atoms with Gasteiger partial charge in [-0.25, -0.2) is 0 Å². The van der Waals surface area contributed by atoms with Gasteiger partial charge in [0.2, 0.25) is 0 Å². The second kappa shape index (κ2) is 7.95. The van der Waals surface area contributed by atoms with Crippen LogP contribution in [0.15, 0.2) is 0 Å². The van der Waals surface area contributed by atoms with Gasteiger partial charge in [-0.15, -0.1) is 0 Å². The van der Waals surface area contributed by atoms with Crippen LogP contribution in [0.25, 0.3) is 0 Å². The first-order valence-corrected chi connectivity index (χ1v) is 8.82. The normalized spacial score (nSPS) is 34.2. The summed E-state index contributed by atoms with van der Waals surface area (Å²) in [5.41, 5.74) is 0.0604. The topological polar surface area (TPSA) is 64.6 Å². The van der Waals surface area contributed by atoms with E-state index in [0.29, 0.717) is 52.9 Å². The van der Waals surface area contributed by atoms with Crippen LogP contribution >= 0.6 is 0 Å². The lowest BCUT2D eigenvalue weighted by Gasteiger charge is -2.50. The van der Waals surface area contributed by atoms with E-state index in [1.807, 2.05) is 0 Å². The average Bonchev–Trinajstić information content (AvgIpc) is 2.57. The Bertz CT molecular complexity index is 366. The van der Waals surface area contributed by atoms with Gasteiger partial charge in [0.1, 0.15) is 0 Å². The molecule has 0 aromatic heterocycles. The fraction of sp³-hybridized carbons (Fsp3) is 1.00. The third kappa shape index (κ3) is 4.46. The molecule has 140 valence electrons. The van der Waals surface area contributed by atoms with Gasteiger partial charge in [0.15, 0.2) is 0 Å².